The Hall–Kier alpha value is -2.60. The van der Waals surface area contributed by atoms with Gasteiger partial charge in [-0.05, 0) is 35.6 Å². The standard InChI is InChI=1S/C21H24N2O3S/c1-14(2)11-15-5-7-16(8-6-15)19-13-23(3)20-12-17(9-10-18(19)20)21(24)22-27(4,25)26/h5-10,12-14H,11H2,1-4H3,(H,22,24). The van der Waals surface area contributed by atoms with Crippen molar-refractivity contribution in [3.05, 3.63) is 59.8 Å². The van der Waals surface area contributed by atoms with Gasteiger partial charge in [0.05, 0.1) is 6.26 Å². The normalized spacial score (nSPS) is 11.9. The highest BCUT2D eigenvalue weighted by atomic mass is 32.2. The van der Waals surface area contributed by atoms with E-state index in [0.29, 0.717) is 11.5 Å². The van der Waals surface area contributed by atoms with Gasteiger partial charge in [-0.15, -0.1) is 0 Å². The zero-order valence-electron chi connectivity index (χ0n) is 16.0. The summed E-state index contributed by atoms with van der Waals surface area (Å²) in [4.78, 5) is 12.1. The van der Waals surface area contributed by atoms with Crippen molar-refractivity contribution in [2.45, 2.75) is 20.3 Å². The maximum atomic E-state index is 12.1. The number of amides is 1. The molecule has 5 nitrogen and oxygen atoms in total. The van der Waals surface area contributed by atoms with Gasteiger partial charge >= 0.3 is 0 Å². The summed E-state index contributed by atoms with van der Waals surface area (Å²) >= 11 is 0. The largest absolute Gasteiger partial charge is 0.350 e. The number of fused-ring (bicyclic) bond motifs is 1. The average molecular weight is 385 g/mol. The van der Waals surface area contributed by atoms with E-state index >= 15 is 0 Å². The van der Waals surface area contributed by atoms with Crippen molar-refractivity contribution in [2.24, 2.45) is 13.0 Å². The molecule has 0 aliphatic rings. The molecular formula is C21H24N2O3S. The van der Waals surface area contributed by atoms with Crippen molar-refractivity contribution in [3.8, 4) is 11.1 Å². The molecule has 27 heavy (non-hydrogen) atoms. The maximum Gasteiger partial charge on any atom is 0.264 e. The van der Waals surface area contributed by atoms with Crippen molar-refractivity contribution >= 4 is 26.8 Å². The van der Waals surface area contributed by atoms with Gasteiger partial charge in [-0.2, -0.15) is 0 Å². The van der Waals surface area contributed by atoms with E-state index in [2.05, 4.69) is 38.1 Å². The molecule has 2 aromatic carbocycles. The van der Waals surface area contributed by atoms with E-state index < -0.39 is 15.9 Å². The summed E-state index contributed by atoms with van der Waals surface area (Å²) in [7, 11) is -1.68. The lowest BCUT2D eigenvalue weighted by atomic mass is 9.98. The van der Waals surface area contributed by atoms with E-state index in [4.69, 9.17) is 0 Å². The van der Waals surface area contributed by atoms with Crippen LogP contribution in [0.5, 0.6) is 0 Å². The molecule has 0 radical (unpaired) electrons. The Morgan fingerprint density at radius 2 is 1.78 bits per heavy atom. The van der Waals surface area contributed by atoms with Gasteiger partial charge in [0.25, 0.3) is 5.91 Å². The van der Waals surface area contributed by atoms with Crippen LogP contribution in [0.25, 0.3) is 22.0 Å². The van der Waals surface area contributed by atoms with Gasteiger partial charge in [0.1, 0.15) is 0 Å². The van der Waals surface area contributed by atoms with Crippen LogP contribution in [0.4, 0.5) is 0 Å². The van der Waals surface area contributed by atoms with E-state index in [1.54, 1.807) is 12.1 Å². The fraction of sp³-hybridized carbons (Fsp3) is 0.286. The summed E-state index contributed by atoms with van der Waals surface area (Å²) in [5.74, 6) is -0.00917. The summed E-state index contributed by atoms with van der Waals surface area (Å²) in [6, 6.07) is 13.8. The van der Waals surface area contributed by atoms with Crippen LogP contribution in [0, 0.1) is 5.92 Å². The van der Waals surface area contributed by atoms with Crippen molar-refractivity contribution in [3.63, 3.8) is 0 Å². The number of hydrogen-bond donors (Lipinski definition) is 1. The van der Waals surface area contributed by atoms with Crippen LogP contribution >= 0.6 is 0 Å². The van der Waals surface area contributed by atoms with Crippen LogP contribution < -0.4 is 4.72 Å². The lowest BCUT2D eigenvalue weighted by molar-refractivity contribution is 0.0982. The Labute approximate surface area is 160 Å². The lowest BCUT2D eigenvalue weighted by Gasteiger charge is -2.06. The summed E-state index contributed by atoms with van der Waals surface area (Å²) in [5, 5.41) is 1.02. The number of carbonyl (C=O) groups is 1. The van der Waals surface area contributed by atoms with Crippen LogP contribution in [0.2, 0.25) is 0 Å². The van der Waals surface area contributed by atoms with E-state index in [1.807, 2.05) is 28.6 Å². The molecule has 1 heterocycles. The Bertz CT molecular complexity index is 1090. The minimum atomic E-state index is -3.59. The summed E-state index contributed by atoms with van der Waals surface area (Å²) in [5.41, 5.74) is 4.69. The van der Waals surface area contributed by atoms with E-state index in [1.165, 1.54) is 5.56 Å². The van der Waals surface area contributed by atoms with E-state index in [-0.39, 0.29) is 0 Å². The fourth-order valence-electron chi connectivity index (χ4n) is 3.27. The molecule has 0 aliphatic heterocycles. The second-order valence-electron chi connectivity index (χ2n) is 7.38. The van der Waals surface area contributed by atoms with Gasteiger partial charge in [-0.25, -0.2) is 13.1 Å². The minimum Gasteiger partial charge on any atom is -0.350 e. The number of carbonyl (C=O) groups excluding carboxylic acids is 1. The second kappa shape index (κ2) is 7.19. The lowest BCUT2D eigenvalue weighted by Crippen LogP contribution is -2.29. The summed E-state index contributed by atoms with van der Waals surface area (Å²) < 4.78 is 26.5. The molecule has 0 saturated carbocycles. The zero-order chi connectivity index (χ0) is 19.8. The molecule has 142 valence electrons. The minimum absolute atomic E-state index is 0.313. The first kappa shape index (κ1) is 19.2. The maximum absolute atomic E-state index is 12.1. The molecule has 0 fully saturated rings. The molecule has 0 unspecified atom stereocenters. The van der Waals surface area contributed by atoms with Gasteiger partial charge in [0.15, 0.2) is 0 Å². The molecule has 0 bridgehead atoms. The second-order valence-corrected chi connectivity index (χ2v) is 9.13. The Balaban J connectivity index is 1.98. The molecule has 0 atom stereocenters. The number of aromatic nitrogens is 1. The first-order chi connectivity index (χ1) is 12.6. The molecule has 0 aliphatic carbocycles. The molecule has 6 heteroatoms. The number of nitrogens with one attached hydrogen (secondary N) is 1. The molecule has 1 amide bonds. The Kier molecular flexibility index (Phi) is 5.11. The van der Waals surface area contributed by atoms with Crippen molar-refractivity contribution < 1.29 is 13.2 Å². The molecule has 3 aromatic rings. The van der Waals surface area contributed by atoms with E-state index in [9.17, 15) is 13.2 Å². The zero-order valence-corrected chi connectivity index (χ0v) is 16.8. The number of hydrogen-bond acceptors (Lipinski definition) is 3. The molecular weight excluding hydrogens is 360 g/mol. The van der Waals surface area contributed by atoms with Gasteiger partial charge in [-0.3, -0.25) is 4.79 Å². The highest BCUT2D eigenvalue weighted by Gasteiger charge is 2.15. The van der Waals surface area contributed by atoms with Gasteiger partial charge in [0, 0.05) is 35.3 Å². The van der Waals surface area contributed by atoms with Crippen LogP contribution in [0.15, 0.2) is 48.7 Å². The SMILES string of the molecule is CC(C)Cc1ccc(-c2cn(C)c3cc(C(=O)NS(C)(=O)=O)ccc23)cc1. The quantitative estimate of drug-likeness (QED) is 0.729. The van der Waals surface area contributed by atoms with Crippen LogP contribution in [0.1, 0.15) is 29.8 Å². The Morgan fingerprint density at radius 3 is 2.37 bits per heavy atom. The van der Waals surface area contributed by atoms with Gasteiger partial charge < -0.3 is 4.57 Å². The third kappa shape index (κ3) is 4.39. The predicted molar refractivity (Wildman–Crippen MR) is 109 cm³/mol. The van der Waals surface area contributed by atoms with Crippen LogP contribution in [0.3, 0.4) is 0 Å². The Morgan fingerprint density at radius 1 is 1.11 bits per heavy atom. The predicted octanol–water partition coefficient (Wildman–Crippen LogP) is 3.73. The van der Waals surface area contributed by atoms with Gasteiger partial charge in [0.2, 0.25) is 10.0 Å². The van der Waals surface area contributed by atoms with Crippen LogP contribution in [-0.4, -0.2) is 25.1 Å². The molecule has 0 spiro atoms. The van der Waals surface area contributed by atoms with Crippen LogP contribution in [-0.2, 0) is 23.5 Å². The third-order valence-electron chi connectivity index (χ3n) is 4.44. The molecule has 0 saturated heterocycles. The highest BCUT2D eigenvalue weighted by molar-refractivity contribution is 7.89. The van der Waals surface area contributed by atoms with Crippen molar-refractivity contribution in [1.29, 1.82) is 0 Å². The molecule has 1 aromatic heterocycles. The first-order valence-corrected chi connectivity index (χ1v) is 10.7. The number of rotatable bonds is 5. The van der Waals surface area contributed by atoms with Crippen molar-refractivity contribution in [1.82, 2.24) is 9.29 Å². The number of sulfonamides is 1. The smallest absolute Gasteiger partial charge is 0.264 e. The molecule has 3 rings (SSSR count). The average Bonchev–Trinajstić information content (AvgIpc) is 2.90. The fourth-order valence-corrected chi connectivity index (χ4v) is 3.73. The number of aryl methyl sites for hydroxylation is 1. The topological polar surface area (TPSA) is 68.2 Å². The summed E-state index contributed by atoms with van der Waals surface area (Å²) in [6.45, 7) is 4.41. The monoisotopic (exact) mass is 384 g/mol. The van der Waals surface area contributed by atoms with Gasteiger partial charge in [-0.1, -0.05) is 44.2 Å². The van der Waals surface area contributed by atoms with E-state index in [0.717, 1.165) is 34.7 Å². The first-order valence-electron chi connectivity index (χ1n) is 8.84. The third-order valence-corrected chi connectivity index (χ3v) is 5.00. The molecule has 1 N–H and O–H groups in total. The number of nitrogens with zero attached hydrogens (tertiary/aromatic N) is 1. The summed E-state index contributed by atoms with van der Waals surface area (Å²) in [6.07, 6.45) is 4.04. The highest BCUT2D eigenvalue weighted by Crippen LogP contribution is 2.31. The number of benzene rings is 2. The van der Waals surface area contributed by atoms with Crippen molar-refractivity contribution in [2.75, 3.05) is 6.26 Å².